The fourth-order valence-electron chi connectivity index (χ4n) is 2.63. The molecule has 0 bridgehead atoms. The third-order valence-corrected chi connectivity index (χ3v) is 4.08. The van der Waals surface area contributed by atoms with E-state index < -0.39 is 6.17 Å². The Kier molecular flexibility index (Phi) is 5.44. The van der Waals surface area contributed by atoms with Crippen LogP contribution >= 0.6 is 0 Å². The first kappa shape index (κ1) is 17.4. The summed E-state index contributed by atoms with van der Waals surface area (Å²) in [5.41, 5.74) is 2.83. The van der Waals surface area contributed by atoms with Crippen LogP contribution < -0.4 is 10.6 Å². The third kappa shape index (κ3) is 4.16. The van der Waals surface area contributed by atoms with Gasteiger partial charge in [0.25, 0.3) is 5.91 Å². The second kappa shape index (κ2) is 8.12. The minimum absolute atomic E-state index is 0.196. The van der Waals surface area contributed by atoms with Crippen molar-refractivity contribution in [2.24, 2.45) is 0 Å². The largest absolute Gasteiger partial charge is 0.359 e. The summed E-state index contributed by atoms with van der Waals surface area (Å²) in [6.07, 6.45) is -0.869. The molecule has 1 amide bonds. The van der Waals surface area contributed by atoms with Gasteiger partial charge in [-0.05, 0) is 30.7 Å². The van der Waals surface area contributed by atoms with Gasteiger partial charge < -0.3 is 10.6 Å². The highest BCUT2D eigenvalue weighted by Crippen LogP contribution is 2.16. The molecular formula is C22H20N2O2. The van der Waals surface area contributed by atoms with Crippen molar-refractivity contribution in [3.63, 3.8) is 0 Å². The molecule has 0 saturated heterocycles. The van der Waals surface area contributed by atoms with Crippen LogP contribution in [0.2, 0.25) is 0 Å². The van der Waals surface area contributed by atoms with Gasteiger partial charge in [-0.3, -0.25) is 9.59 Å². The second-order valence-electron chi connectivity index (χ2n) is 5.96. The molecule has 130 valence electrons. The fourth-order valence-corrected chi connectivity index (χ4v) is 2.63. The van der Waals surface area contributed by atoms with Gasteiger partial charge in [0, 0.05) is 16.8 Å². The standard InChI is InChI=1S/C22H20N2O2/c1-16-10-8-9-15-19(16)23-21(20(25)17-11-4-2-5-12-17)24-22(26)18-13-6-3-7-14-18/h2-15,21,23H,1H3,(H,24,26)/t21-/m1/s1. The van der Waals surface area contributed by atoms with Crippen LogP contribution in [0.25, 0.3) is 0 Å². The predicted octanol–water partition coefficient (Wildman–Crippen LogP) is 4.05. The quantitative estimate of drug-likeness (QED) is 0.524. The summed E-state index contributed by atoms with van der Waals surface area (Å²) in [6, 6.07) is 25.4. The maximum absolute atomic E-state index is 13.0. The molecular weight excluding hydrogens is 324 g/mol. The van der Waals surface area contributed by atoms with E-state index in [-0.39, 0.29) is 11.7 Å². The molecule has 3 rings (SSSR count). The van der Waals surface area contributed by atoms with E-state index in [4.69, 9.17) is 0 Å². The first-order valence-corrected chi connectivity index (χ1v) is 8.42. The summed E-state index contributed by atoms with van der Waals surface area (Å²) in [6.45, 7) is 1.95. The van der Waals surface area contributed by atoms with E-state index in [1.54, 1.807) is 48.5 Å². The van der Waals surface area contributed by atoms with Crippen molar-refractivity contribution in [3.05, 3.63) is 102 Å². The van der Waals surface area contributed by atoms with E-state index in [0.29, 0.717) is 11.1 Å². The molecule has 3 aromatic carbocycles. The van der Waals surface area contributed by atoms with E-state index in [0.717, 1.165) is 11.3 Å². The van der Waals surface area contributed by atoms with Crippen molar-refractivity contribution in [1.29, 1.82) is 0 Å². The van der Waals surface area contributed by atoms with Crippen molar-refractivity contribution >= 4 is 17.4 Å². The first-order chi connectivity index (χ1) is 12.6. The Labute approximate surface area is 152 Å². The highest BCUT2D eigenvalue weighted by molar-refractivity contribution is 6.05. The highest BCUT2D eigenvalue weighted by Gasteiger charge is 2.23. The molecule has 4 nitrogen and oxygen atoms in total. The number of Topliss-reactive ketones (excluding diaryl/α,β-unsaturated/α-hetero) is 1. The molecule has 0 aromatic heterocycles. The lowest BCUT2D eigenvalue weighted by Crippen LogP contribution is -2.46. The predicted molar refractivity (Wildman–Crippen MR) is 103 cm³/mol. The van der Waals surface area contributed by atoms with Crippen LogP contribution in [0.4, 0.5) is 5.69 Å². The molecule has 0 saturated carbocycles. The number of aryl methyl sites for hydroxylation is 1. The summed E-state index contributed by atoms with van der Waals surface area (Å²) in [5, 5.41) is 5.97. The van der Waals surface area contributed by atoms with E-state index in [1.165, 1.54) is 0 Å². The van der Waals surface area contributed by atoms with Gasteiger partial charge in [0.15, 0.2) is 6.17 Å². The Morgan fingerprint density at radius 1 is 0.731 bits per heavy atom. The number of rotatable bonds is 6. The number of hydrogen-bond acceptors (Lipinski definition) is 3. The number of carbonyl (C=O) groups is 2. The van der Waals surface area contributed by atoms with Gasteiger partial charge in [0.1, 0.15) is 0 Å². The molecule has 0 fully saturated rings. The topological polar surface area (TPSA) is 58.2 Å². The van der Waals surface area contributed by atoms with Crippen molar-refractivity contribution in [1.82, 2.24) is 5.32 Å². The Balaban J connectivity index is 1.87. The smallest absolute Gasteiger partial charge is 0.253 e. The minimum atomic E-state index is -0.869. The monoisotopic (exact) mass is 344 g/mol. The number of amides is 1. The molecule has 2 N–H and O–H groups in total. The van der Waals surface area contributed by atoms with Crippen LogP contribution in [0, 0.1) is 6.92 Å². The third-order valence-electron chi connectivity index (χ3n) is 4.08. The average molecular weight is 344 g/mol. The number of anilines is 1. The first-order valence-electron chi connectivity index (χ1n) is 8.42. The number of benzene rings is 3. The maximum Gasteiger partial charge on any atom is 0.253 e. The molecule has 1 atom stereocenters. The number of nitrogens with one attached hydrogen (secondary N) is 2. The SMILES string of the molecule is Cc1ccccc1N[C@H](NC(=O)c1ccccc1)C(=O)c1ccccc1. The van der Waals surface area contributed by atoms with E-state index in [2.05, 4.69) is 10.6 Å². The van der Waals surface area contributed by atoms with Gasteiger partial charge in [-0.15, -0.1) is 0 Å². The lowest BCUT2D eigenvalue weighted by Gasteiger charge is -2.21. The van der Waals surface area contributed by atoms with Crippen LogP contribution in [0.5, 0.6) is 0 Å². The van der Waals surface area contributed by atoms with Gasteiger partial charge in [-0.2, -0.15) is 0 Å². The Morgan fingerprint density at radius 3 is 1.88 bits per heavy atom. The van der Waals surface area contributed by atoms with Crippen LogP contribution in [0.15, 0.2) is 84.9 Å². The van der Waals surface area contributed by atoms with Gasteiger partial charge in [0.05, 0.1) is 0 Å². The van der Waals surface area contributed by atoms with E-state index in [1.807, 2.05) is 43.3 Å². The lowest BCUT2D eigenvalue weighted by molar-refractivity contribution is 0.0869. The number of hydrogen-bond donors (Lipinski definition) is 2. The summed E-state index contributed by atoms with van der Waals surface area (Å²) >= 11 is 0. The van der Waals surface area contributed by atoms with Crippen LogP contribution in [0.3, 0.4) is 0 Å². The number of ketones is 1. The molecule has 0 radical (unpaired) electrons. The van der Waals surface area contributed by atoms with Crippen LogP contribution in [0.1, 0.15) is 26.3 Å². The van der Waals surface area contributed by atoms with Gasteiger partial charge >= 0.3 is 0 Å². The van der Waals surface area contributed by atoms with Crippen molar-refractivity contribution in [3.8, 4) is 0 Å². The molecule has 0 spiro atoms. The van der Waals surface area contributed by atoms with Gasteiger partial charge in [0.2, 0.25) is 5.78 Å². The summed E-state index contributed by atoms with van der Waals surface area (Å²) in [5.74, 6) is -0.501. The molecule has 26 heavy (non-hydrogen) atoms. The second-order valence-corrected chi connectivity index (χ2v) is 5.96. The van der Waals surface area contributed by atoms with Gasteiger partial charge in [-0.25, -0.2) is 0 Å². The average Bonchev–Trinajstić information content (AvgIpc) is 2.70. The van der Waals surface area contributed by atoms with E-state index in [9.17, 15) is 9.59 Å². The Hall–Kier alpha value is -3.40. The van der Waals surface area contributed by atoms with Crippen molar-refractivity contribution in [2.45, 2.75) is 13.1 Å². The Morgan fingerprint density at radius 2 is 1.27 bits per heavy atom. The molecule has 4 heteroatoms. The summed E-state index contributed by atoms with van der Waals surface area (Å²) < 4.78 is 0. The molecule has 0 aliphatic heterocycles. The zero-order valence-electron chi connectivity index (χ0n) is 14.5. The van der Waals surface area contributed by atoms with Crippen LogP contribution in [-0.4, -0.2) is 17.9 Å². The van der Waals surface area contributed by atoms with Gasteiger partial charge in [-0.1, -0.05) is 66.7 Å². The molecule has 0 aliphatic carbocycles. The zero-order valence-corrected chi connectivity index (χ0v) is 14.5. The highest BCUT2D eigenvalue weighted by atomic mass is 16.2. The molecule has 0 unspecified atom stereocenters. The number of carbonyl (C=O) groups excluding carboxylic acids is 2. The van der Waals surface area contributed by atoms with Crippen molar-refractivity contribution in [2.75, 3.05) is 5.32 Å². The maximum atomic E-state index is 13.0. The lowest BCUT2D eigenvalue weighted by atomic mass is 10.1. The van der Waals surface area contributed by atoms with Crippen molar-refractivity contribution < 1.29 is 9.59 Å². The van der Waals surface area contributed by atoms with Crippen LogP contribution in [-0.2, 0) is 0 Å². The number of para-hydroxylation sites is 1. The fraction of sp³-hybridized carbons (Fsp3) is 0.0909. The van der Waals surface area contributed by atoms with E-state index >= 15 is 0 Å². The molecule has 0 aliphatic rings. The zero-order chi connectivity index (χ0) is 18.4. The summed E-state index contributed by atoms with van der Waals surface area (Å²) in [4.78, 5) is 25.5. The Bertz CT molecular complexity index is 892. The molecule has 3 aromatic rings. The summed E-state index contributed by atoms with van der Waals surface area (Å²) in [7, 11) is 0. The minimum Gasteiger partial charge on any atom is -0.359 e. The normalized spacial score (nSPS) is 11.4. The molecule has 0 heterocycles.